The molecule has 2 aromatic carbocycles. The zero-order valence-electron chi connectivity index (χ0n) is 22.0. The zero-order chi connectivity index (χ0) is 25.2. The highest BCUT2D eigenvalue weighted by Crippen LogP contribution is 2.43. The van der Waals surface area contributed by atoms with Gasteiger partial charge in [0.2, 0.25) is 5.88 Å². The summed E-state index contributed by atoms with van der Waals surface area (Å²) in [4.78, 5) is 4.58. The second kappa shape index (κ2) is 10.2. The highest BCUT2D eigenvalue weighted by atomic mass is 28.4. The van der Waals surface area contributed by atoms with Gasteiger partial charge in [0.1, 0.15) is 0 Å². The van der Waals surface area contributed by atoms with E-state index in [0.29, 0.717) is 16.6 Å². The van der Waals surface area contributed by atoms with Crippen LogP contribution in [0.2, 0.25) is 16.6 Å². The molecule has 0 saturated heterocycles. The van der Waals surface area contributed by atoms with Gasteiger partial charge in [-0.05, 0) is 46.8 Å². The Bertz CT molecular complexity index is 1220. The Morgan fingerprint density at radius 3 is 1.77 bits per heavy atom. The quantitative estimate of drug-likeness (QED) is 0.236. The largest absolute Gasteiger partial charge is 0.530 e. The zero-order valence-corrected chi connectivity index (χ0v) is 23.0. The second-order valence-electron chi connectivity index (χ2n) is 10.3. The van der Waals surface area contributed by atoms with Gasteiger partial charge in [-0.2, -0.15) is 9.78 Å². The summed E-state index contributed by atoms with van der Waals surface area (Å²) in [6.45, 7) is 15.9. The van der Waals surface area contributed by atoms with Gasteiger partial charge < -0.3 is 4.43 Å². The normalized spacial score (nSPS) is 12.1. The van der Waals surface area contributed by atoms with Gasteiger partial charge in [0.05, 0.1) is 5.69 Å². The van der Waals surface area contributed by atoms with Gasteiger partial charge in [-0.25, -0.2) is 4.98 Å². The maximum Gasteiger partial charge on any atom is 0.260 e. The third-order valence-electron chi connectivity index (χ3n) is 7.10. The summed E-state index contributed by atoms with van der Waals surface area (Å²) < 4.78 is 8.95. The lowest BCUT2D eigenvalue weighted by atomic mass is 10.0. The molecule has 0 fully saturated rings. The molecule has 0 unspecified atom stereocenters. The third-order valence-corrected chi connectivity index (χ3v) is 13.1. The first-order valence-corrected chi connectivity index (χ1v) is 14.7. The van der Waals surface area contributed by atoms with Crippen molar-refractivity contribution in [2.24, 2.45) is 0 Å². The average Bonchev–Trinajstić information content (AvgIpc) is 3.27. The number of hydrogen-bond acceptors (Lipinski definition) is 3. The highest BCUT2D eigenvalue weighted by Gasteiger charge is 2.47. The van der Waals surface area contributed by atoms with Crippen molar-refractivity contribution in [3.05, 3.63) is 84.6 Å². The number of pyridine rings is 1. The lowest BCUT2D eigenvalue weighted by molar-refractivity contribution is 0.447. The molecule has 0 atom stereocenters. The molecule has 0 bridgehead atoms. The molecule has 2 heterocycles. The number of aromatic nitrogens is 3. The van der Waals surface area contributed by atoms with Crippen molar-refractivity contribution in [2.75, 3.05) is 0 Å². The minimum atomic E-state index is -2.17. The minimum Gasteiger partial charge on any atom is -0.530 e. The molecular weight excluding hydrogens is 446 g/mol. The Labute approximate surface area is 211 Å². The van der Waals surface area contributed by atoms with E-state index in [1.54, 1.807) is 6.20 Å². The topological polar surface area (TPSA) is 39.9 Å². The summed E-state index contributed by atoms with van der Waals surface area (Å²) in [5.74, 6) is 1.55. The van der Waals surface area contributed by atoms with Gasteiger partial charge in [0.15, 0.2) is 5.82 Å². The van der Waals surface area contributed by atoms with Crippen LogP contribution in [0.25, 0.3) is 28.2 Å². The van der Waals surface area contributed by atoms with Crippen molar-refractivity contribution >= 4 is 8.32 Å². The van der Waals surface area contributed by atoms with Crippen LogP contribution in [-0.2, 0) is 0 Å². The molecule has 0 radical (unpaired) electrons. The summed E-state index contributed by atoms with van der Waals surface area (Å²) in [7, 11) is -2.17. The van der Waals surface area contributed by atoms with E-state index < -0.39 is 8.32 Å². The standard InChI is InChI=1S/C30H37N3OSi/c1-21(2)35(22(3)4,23(5)6)34-30-20-28(32-33(30)29-10-8-9-19-31-29)27-17-15-26(16-18-27)25-13-11-24(7)12-14-25/h8-23H,1-7H3. The van der Waals surface area contributed by atoms with Gasteiger partial charge in [0.25, 0.3) is 8.32 Å². The molecule has 182 valence electrons. The molecule has 0 aliphatic carbocycles. The predicted molar refractivity (Wildman–Crippen MR) is 149 cm³/mol. The van der Waals surface area contributed by atoms with Crippen molar-refractivity contribution in [3.63, 3.8) is 0 Å². The molecule has 2 aromatic heterocycles. The van der Waals surface area contributed by atoms with Gasteiger partial charge in [-0.15, -0.1) is 0 Å². The number of nitrogens with zero attached hydrogens (tertiary/aromatic N) is 3. The second-order valence-corrected chi connectivity index (χ2v) is 15.7. The molecule has 0 spiro atoms. The van der Waals surface area contributed by atoms with E-state index >= 15 is 0 Å². The molecule has 0 N–H and O–H groups in total. The molecule has 4 aromatic rings. The smallest absolute Gasteiger partial charge is 0.260 e. The van der Waals surface area contributed by atoms with Crippen molar-refractivity contribution in [3.8, 4) is 34.1 Å². The van der Waals surface area contributed by atoms with Crippen LogP contribution in [0.4, 0.5) is 0 Å². The van der Waals surface area contributed by atoms with Crippen LogP contribution in [-0.4, -0.2) is 23.1 Å². The van der Waals surface area contributed by atoms with Crippen LogP contribution >= 0.6 is 0 Å². The van der Waals surface area contributed by atoms with E-state index in [2.05, 4.69) is 108 Å². The van der Waals surface area contributed by atoms with E-state index in [1.165, 1.54) is 16.7 Å². The maximum atomic E-state index is 7.08. The van der Waals surface area contributed by atoms with Crippen LogP contribution in [0.15, 0.2) is 79.0 Å². The van der Waals surface area contributed by atoms with E-state index in [9.17, 15) is 0 Å². The molecule has 5 heteroatoms. The van der Waals surface area contributed by atoms with Crippen LogP contribution in [0.3, 0.4) is 0 Å². The first kappa shape index (κ1) is 24.9. The van der Waals surface area contributed by atoms with Gasteiger partial charge in [-0.3, -0.25) is 0 Å². The Balaban J connectivity index is 1.76. The van der Waals surface area contributed by atoms with Crippen molar-refractivity contribution < 1.29 is 4.43 Å². The number of aryl methyl sites for hydroxylation is 1. The van der Waals surface area contributed by atoms with Gasteiger partial charge >= 0.3 is 0 Å². The van der Waals surface area contributed by atoms with E-state index in [-0.39, 0.29) is 0 Å². The van der Waals surface area contributed by atoms with Crippen LogP contribution in [0, 0.1) is 6.92 Å². The summed E-state index contributed by atoms with van der Waals surface area (Å²) in [6, 6.07) is 25.2. The summed E-state index contributed by atoms with van der Waals surface area (Å²) in [5, 5.41) is 4.98. The molecule has 0 aliphatic heterocycles. The minimum absolute atomic E-state index is 0.465. The monoisotopic (exact) mass is 483 g/mol. The fraction of sp³-hybridized carbons (Fsp3) is 0.333. The SMILES string of the molecule is Cc1ccc(-c2ccc(-c3cc(O[Si](C(C)C)(C(C)C)C(C)C)n(-c4ccccn4)n3)cc2)cc1. The molecule has 0 saturated carbocycles. The average molecular weight is 484 g/mol. The highest BCUT2D eigenvalue weighted by molar-refractivity contribution is 6.78. The lowest BCUT2D eigenvalue weighted by Gasteiger charge is -2.41. The third kappa shape index (κ3) is 4.96. The Kier molecular flexibility index (Phi) is 7.27. The molecule has 4 nitrogen and oxygen atoms in total. The number of rotatable bonds is 8. The summed E-state index contributed by atoms with van der Waals surface area (Å²) in [6.07, 6.45) is 1.80. The first-order valence-electron chi connectivity index (χ1n) is 12.6. The van der Waals surface area contributed by atoms with Gasteiger partial charge in [0, 0.05) is 17.8 Å². The van der Waals surface area contributed by atoms with Gasteiger partial charge in [-0.1, -0.05) is 102 Å². The maximum absolute atomic E-state index is 7.08. The fourth-order valence-electron chi connectivity index (χ4n) is 5.34. The molecule has 0 aliphatic rings. The van der Waals surface area contributed by atoms with Crippen LogP contribution in [0.5, 0.6) is 5.88 Å². The van der Waals surface area contributed by atoms with Crippen molar-refractivity contribution in [1.29, 1.82) is 0 Å². The molecule has 4 rings (SSSR count). The van der Waals surface area contributed by atoms with Crippen LogP contribution in [0.1, 0.15) is 47.1 Å². The predicted octanol–water partition coefficient (Wildman–Crippen LogP) is 8.46. The molecule has 35 heavy (non-hydrogen) atoms. The molecule has 0 amide bonds. The van der Waals surface area contributed by atoms with E-state index in [0.717, 1.165) is 23.0 Å². The lowest BCUT2D eigenvalue weighted by Crippen LogP contribution is -2.51. The Hall–Kier alpha value is -3.18. The number of hydrogen-bond donors (Lipinski definition) is 0. The molecular formula is C30H37N3OSi. The van der Waals surface area contributed by atoms with Crippen molar-refractivity contribution in [1.82, 2.24) is 14.8 Å². The van der Waals surface area contributed by atoms with E-state index in [4.69, 9.17) is 9.52 Å². The van der Waals surface area contributed by atoms with E-state index in [1.807, 2.05) is 22.9 Å². The van der Waals surface area contributed by atoms with Crippen molar-refractivity contribution in [2.45, 2.75) is 65.1 Å². The Morgan fingerprint density at radius 2 is 1.26 bits per heavy atom. The summed E-state index contributed by atoms with van der Waals surface area (Å²) >= 11 is 0. The Morgan fingerprint density at radius 1 is 0.714 bits per heavy atom. The fourth-order valence-corrected chi connectivity index (χ4v) is 10.5. The number of benzene rings is 2. The summed E-state index contributed by atoms with van der Waals surface area (Å²) in [5.41, 5.74) is 7.02. The van der Waals surface area contributed by atoms with Crippen LogP contribution < -0.4 is 4.43 Å². The first-order chi connectivity index (χ1) is 16.7.